The highest BCUT2D eigenvalue weighted by Gasteiger charge is 2.26. The third kappa shape index (κ3) is 2.56. The van der Waals surface area contributed by atoms with Gasteiger partial charge in [0.1, 0.15) is 17.3 Å². The molecule has 6 heteroatoms. The quantitative estimate of drug-likeness (QED) is 0.927. The van der Waals surface area contributed by atoms with E-state index in [0.29, 0.717) is 0 Å². The molecule has 5 nitrogen and oxygen atoms in total. The number of anilines is 1. The van der Waals surface area contributed by atoms with E-state index in [-0.39, 0.29) is 29.1 Å². The summed E-state index contributed by atoms with van der Waals surface area (Å²) >= 11 is 0. The number of aromatic nitrogens is 2. The van der Waals surface area contributed by atoms with E-state index in [1.165, 1.54) is 16.8 Å². The first kappa shape index (κ1) is 14.6. The number of nitrogen functional groups attached to an aromatic ring is 1. The minimum Gasteiger partial charge on any atom is -0.384 e. The van der Waals surface area contributed by atoms with Gasteiger partial charge in [-0.25, -0.2) is 9.07 Å². The van der Waals surface area contributed by atoms with Crippen LogP contribution in [0.1, 0.15) is 36.7 Å². The molecule has 0 spiro atoms. The molecule has 2 heterocycles. The maximum Gasteiger partial charge on any atom is 0.274 e. The van der Waals surface area contributed by atoms with Crippen molar-refractivity contribution >= 4 is 11.7 Å². The number of nitrogens with two attached hydrogens (primary N) is 1. The maximum atomic E-state index is 13.9. The van der Waals surface area contributed by atoms with E-state index in [1.54, 1.807) is 18.2 Å². The first-order valence-electron chi connectivity index (χ1n) is 7.49. The number of halogens is 1. The van der Waals surface area contributed by atoms with Crippen LogP contribution in [0.5, 0.6) is 0 Å². The highest BCUT2D eigenvalue weighted by Crippen LogP contribution is 2.22. The number of nitrogens with zero attached hydrogens (tertiary/aromatic N) is 3. The molecule has 1 unspecified atom stereocenters. The topological polar surface area (TPSA) is 64.2 Å². The molecule has 2 N–H and O–H groups in total. The predicted octanol–water partition coefficient (Wildman–Crippen LogP) is 2.61. The fourth-order valence-electron chi connectivity index (χ4n) is 2.86. The second-order valence-corrected chi connectivity index (χ2v) is 5.66. The number of piperidine rings is 1. The molecule has 0 bridgehead atoms. The predicted molar refractivity (Wildman–Crippen MR) is 82.3 cm³/mol. The number of carbonyl (C=O) groups is 1. The maximum absolute atomic E-state index is 13.9. The van der Waals surface area contributed by atoms with Crippen molar-refractivity contribution in [1.29, 1.82) is 0 Å². The van der Waals surface area contributed by atoms with Crippen molar-refractivity contribution in [3.63, 3.8) is 0 Å². The van der Waals surface area contributed by atoms with Crippen LogP contribution in [-0.2, 0) is 0 Å². The van der Waals surface area contributed by atoms with E-state index in [1.807, 2.05) is 11.8 Å². The van der Waals surface area contributed by atoms with Crippen molar-refractivity contribution in [2.24, 2.45) is 0 Å². The van der Waals surface area contributed by atoms with Crippen molar-refractivity contribution in [2.45, 2.75) is 32.2 Å². The average molecular weight is 302 g/mol. The molecular formula is C16H19FN4O. The Morgan fingerprint density at radius 3 is 2.86 bits per heavy atom. The SMILES string of the molecule is CC1CCCCN1C(=O)c1cc(N)n(-c2ccccc2F)n1. The summed E-state index contributed by atoms with van der Waals surface area (Å²) in [7, 11) is 0. The zero-order valence-corrected chi connectivity index (χ0v) is 12.5. The molecule has 1 aromatic heterocycles. The van der Waals surface area contributed by atoms with E-state index in [2.05, 4.69) is 5.10 Å². The second kappa shape index (κ2) is 5.79. The van der Waals surface area contributed by atoms with Crippen LogP contribution < -0.4 is 5.73 Å². The lowest BCUT2D eigenvalue weighted by atomic mass is 10.0. The molecule has 116 valence electrons. The van der Waals surface area contributed by atoms with Gasteiger partial charge in [0.05, 0.1) is 0 Å². The molecule has 1 amide bonds. The van der Waals surface area contributed by atoms with Crippen molar-refractivity contribution in [1.82, 2.24) is 14.7 Å². The summed E-state index contributed by atoms with van der Waals surface area (Å²) < 4.78 is 15.1. The molecule has 1 aliphatic heterocycles. The van der Waals surface area contributed by atoms with Gasteiger partial charge in [-0.15, -0.1) is 0 Å². The van der Waals surface area contributed by atoms with Crippen LogP contribution >= 0.6 is 0 Å². The van der Waals surface area contributed by atoms with Gasteiger partial charge in [-0.3, -0.25) is 4.79 Å². The summed E-state index contributed by atoms with van der Waals surface area (Å²) in [4.78, 5) is 14.4. The van der Waals surface area contributed by atoms with Crippen molar-refractivity contribution in [2.75, 3.05) is 12.3 Å². The summed E-state index contributed by atoms with van der Waals surface area (Å²) in [6.07, 6.45) is 3.13. The van der Waals surface area contributed by atoms with Crippen LogP contribution in [0.15, 0.2) is 30.3 Å². The van der Waals surface area contributed by atoms with E-state index in [4.69, 9.17) is 5.73 Å². The Labute approximate surface area is 128 Å². The van der Waals surface area contributed by atoms with Crippen LogP contribution in [0.2, 0.25) is 0 Å². The minimum atomic E-state index is -0.428. The van der Waals surface area contributed by atoms with E-state index in [0.717, 1.165) is 25.8 Å². The molecule has 1 aromatic carbocycles. The number of para-hydroxylation sites is 1. The summed E-state index contributed by atoms with van der Waals surface area (Å²) in [6.45, 7) is 2.76. The van der Waals surface area contributed by atoms with Gasteiger partial charge in [-0.1, -0.05) is 12.1 Å². The smallest absolute Gasteiger partial charge is 0.274 e. The van der Waals surface area contributed by atoms with Gasteiger partial charge in [0.15, 0.2) is 5.69 Å². The lowest BCUT2D eigenvalue weighted by Gasteiger charge is -2.32. The Balaban J connectivity index is 1.92. The first-order valence-corrected chi connectivity index (χ1v) is 7.49. The lowest BCUT2D eigenvalue weighted by Crippen LogP contribution is -2.42. The molecule has 3 rings (SSSR count). The number of benzene rings is 1. The summed E-state index contributed by atoms with van der Waals surface area (Å²) in [5.41, 5.74) is 6.41. The molecule has 1 aliphatic rings. The zero-order chi connectivity index (χ0) is 15.7. The molecule has 0 saturated carbocycles. The standard InChI is InChI=1S/C16H19FN4O/c1-11-6-4-5-9-20(11)16(22)13-10-15(18)21(19-13)14-8-3-2-7-12(14)17/h2-3,7-8,10-11H,4-6,9,18H2,1H3. The Hall–Kier alpha value is -2.37. The van der Waals surface area contributed by atoms with E-state index in [9.17, 15) is 9.18 Å². The van der Waals surface area contributed by atoms with Gasteiger partial charge in [-0.05, 0) is 38.3 Å². The number of likely N-dealkylation sites (tertiary alicyclic amines) is 1. The van der Waals surface area contributed by atoms with Gasteiger partial charge in [0.25, 0.3) is 5.91 Å². The Bertz CT molecular complexity index is 697. The third-order valence-electron chi connectivity index (χ3n) is 4.10. The molecule has 0 radical (unpaired) electrons. The van der Waals surface area contributed by atoms with Crippen LogP contribution in [0.25, 0.3) is 5.69 Å². The largest absolute Gasteiger partial charge is 0.384 e. The molecule has 1 fully saturated rings. The first-order chi connectivity index (χ1) is 10.6. The summed E-state index contributed by atoms with van der Waals surface area (Å²) in [5, 5.41) is 4.21. The monoisotopic (exact) mass is 302 g/mol. The van der Waals surface area contributed by atoms with Gasteiger partial charge in [0.2, 0.25) is 0 Å². The second-order valence-electron chi connectivity index (χ2n) is 5.66. The Morgan fingerprint density at radius 2 is 2.14 bits per heavy atom. The molecule has 1 saturated heterocycles. The van der Waals surface area contributed by atoms with Crippen molar-refractivity contribution in [3.8, 4) is 5.69 Å². The fourth-order valence-corrected chi connectivity index (χ4v) is 2.86. The van der Waals surface area contributed by atoms with Crippen LogP contribution in [-0.4, -0.2) is 33.2 Å². The summed E-state index contributed by atoms with van der Waals surface area (Å²) in [5.74, 6) is -0.324. The molecule has 1 atom stereocenters. The molecule has 2 aromatic rings. The Kier molecular flexibility index (Phi) is 3.83. The van der Waals surface area contributed by atoms with Crippen LogP contribution in [0.3, 0.4) is 0 Å². The third-order valence-corrected chi connectivity index (χ3v) is 4.10. The molecular weight excluding hydrogens is 283 g/mol. The van der Waals surface area contributed by atoms with Crippen molar-refractivity contribution < 1.29 is 9.18 Å². The highest BCUT2D eigenvalue weighted by molar-refractivity contribution is 5.93. The Morgan fingerprint density at radius 1 is 1.36 bits per heavy atom. The lowest BCUT2D eigenvalue weighted by molar-refractivity contribution is 0.0629. The molecule has 22 heavy (non-hydrogen) atoms. The van der Waals surface area contributed by atoms with Crippen molar-refractivity contribution in [3.05, 3.63) is 41.8 Å². The number of hydrogen-bond acceptors (Lipinski definition) is 3. The number of hydrogen-bond donors (Lipinski definition) is 1. The van der Waals surface area contributed by atoms with E-state index >= 15 is 0 Å². The van der Waals surface area contributed by atoms with Gasteiger partial charge in [0, 0.05) is 18.7 Å². The molecule has 0 aliphatic carbocycles. The van der Waals surface area contributed by atoms with Crippen LogP contribution in [0.4, 0.5) is 10.2 Å². The fraction of sp³-hybridized carbons (Fsp3) is 0.375. The number of carbonyl (C=O) groups excluding carboxylic acids is 1. The number of rotatable bonds is 2. The van der Waals surface area contributed by atoms with Gasteiger partial charge < -0.3 is 10.6 Å². The van der Waals surface area contributed by atoms with E-state index < -0.39 is 5.82 Å². The number of amides is 1. The zero-order valence-electron chi connectivity index (χ0n) is 12.5. The van der Waals surface area contributed by atoms with Gasteiger partial charge >= 0.3 is 0 Å². The van der Waals surface area contributed by atoms with Crippen LogP contribution in [0, 0.1) is 5.82 Å². The van der Waals surface area contributed by atoms with Gasteiger partial charge in [-0.2, -0.15) is 5.10 Å². The summed E-state index contributed by atoms with van der Waals surface area (Å²) in [6, 6.07) is 7.92. The minimum absolute atomic E-state index is 0.144. The normalized spacial score (nSPS) is 18.5. The average Bonchev–Trinajstić information content (AvgIpc) is 2.89. The highest BCUT2D eigenvalue weighted by atomic mass is 19.1.